The average molecular weight is 284 g/mol. The number of halogens is 1. The summed E-state index contributed by atoms with van der Waals surface area (Å²) in [5.74, 6) is -0.428. The summed E-state index contributed by atoms with van der Waals surface area (Å²) in [6.07, 6.45) is 1.46. The number of aromatic nitrogens is 3. The van der Waals surface area contributed by atoms with Crippen LogP contribution >= 0.6 is 0 Å². The van der Waals surface area contributed by atoms with Gasteiger partial charge < -0.3 is 0 Å². The third kappa shape index (κ3) is 2.36. The van der Waals surface area contributed by atoms with E-state index >= 15 is 0 Å². The van der Waals surface area contributed by atoms with E-state index in [9.17, 15) is 14.5 Å². The second-order valence-electron chi connectivity index (χ2n) is 4.28. The van der Waals surface area contributed by atoms with Crippen LogP contribution in [0.5, 0.6) is 0 Å². The zero-order valence-electron chi connectivity index (χ0n) is 10.7. The average Bonchev–Trinajstić information content (AvgIpc) is 2.97. The lowest BCUT2D eigenvalue weighted by Gasteiger charge is -2.07. The van der Waals surface area contributed by atoms with Crippen molar-refractivity contribution >= 4 is 5.69 Å². The van der Waals surface area contributed by atoms with Crippen molar-refractivity contribution < 1.29 is 9.31 Å². The number of non-ortho nitro benzene ring substituents is 1. The zero-order valence-corrected chi connectivity index (χ0v) is 10.7. The first kappa shape index (κ1) is 12.9. The van der Waals surface area contributed by atoms with Crippen LogP contribution in [0.2, 0.25) is 0 Å². The predicted molar refractivity (Wildman–Crippen MR) is 73.4 cm³/mol. The molecule has 0 bridgehead atoms. The molecule has 0 saturated heterocycles. The van der Waals surface area contributed by atoms with E-state index in [0.29, 0.717) is 0 Å². The third-order valence-corrected chi connectivity index (χ3v) is 2.99. The van der Waals surface area contributed by atoms with Gasteiger partial charge in [-0.25, -0.2) is 4.39 Å². The van der Waals surface area contributed by atoms with Gasteiger partial charge in [-0.3, -0.25) is 14.7 Å². The highest BCUT2D eigenvalue weighted by Crippen LogP contribution is 2.26. The fraction of sp³-hybridized carbons (Fsp3) is 0. The summed E-state index contributed by atoms with van der Waals surface area (Å²) in [5, 5.41) is 18.3. The quantitative estimate of drug-likeness (QED) is 0.547. The molecule has 0 fully saturated rings. The van der Waals surface area contributed by atoms with E-state index in [1.807, 2.05) is 30.3 Å². The SMILES string of the molecule is O=[N+]([O-])c1ccc(-c2nncn2-c2ccccc2)c(F)c1. The number of para-hydroxylation sites is 1. The van der Waals surface area contributed by atoms with Crippen LogP contribution in [0.1, 0.15) is 0 Å². The number of benzene rings is 2. The number of hydrogen-bond donors (Lipinski definition) is 0. The Hall–Kier alpha value is -3.09. The molecule has 3 rings (SSSR count). The summed E-state index contributed by atoms with van der Waals surface area (Å²) in [7, 11) is 0. The molecule has 0 N–H and O–H groups in total. The van der Waals surface area contributed by atoms with Crippen molar-refractivity contribution in [3.8, 4) is 17.1 Å². The third-order valence-electron chi connectivity index (χ3n) is 2.99. The first-order valence-electron chi connectivity index (χ1n) is 6.06. The summed E-state index contributed by atoms with van der Waals surface area (Å²) in [6, 6.07) is 12.6. The molecular weight excluding hydrogens is 275 g/mol. The van der Waals surface area contributed by atoms with Gasteiger partial charge in [0.05, 0.1) is 16.6 Å². The van der Waals surface area contributed by atoms with E-state index in [1.54, 1.807) is 4.57 Å². The Bertz CT molecular complexity index is 802. The van der Waals surface area contributed by atoms with Gasteiger partial charge in [0.2, 0.25) is 0 Å². The van der Waals surface area contributed by atoms with Gasteiger partial charge >= 0.3 is 0 Å². The minimum atomic E-state index is -0.714. The number of hydrogen-bond acceptors (Lipinski definition) is 4. The van der Waals surface area contributed by atoms with Gasteiger partial charge in [-0.2, -0.15) is 0 Å². The van der Waals surface area contributed by atoms with Crippen LogP contribution in [0.4, 0.5) is 10.1 Å². The maximum atomic E-state index is 14.1. The maximum Gasteiger partial charge on any atom is 0.272 e. The van der Waals surface area contributed by atoms with Crippen molar-refractivity contribution in [2.45, 2.75) is 0 Å². The second kappa shape index (κ2) is 5.12. The minimum absolute atomic E-state index is 0.155. The van der Waals surface area contributed by atoms with Crippen LogP contribution in [-0.2, 0) is 0 Å². The largest absolute Gasteiger partial charge is 0.282 e. The van der Waals surface area contributed by atoms with Crippen LogP contribution in [0.3, 0.4) is 0 Å². The Morgan fingerprint density at radius 2 is 1.90 bits per heavy atom. The van der Waals surface area contributed by atoms with Crippen LogP contribution in [0.15, 0.2) is 54.9 Å². The van der Waals surface area contributed by atoms with E-state index in [1.165, 1.54) is 18.5 Å². The van der Waals surface area contributed by atoms with E-state index in [4.69, 9.17) is 0 Å². The molecule has 7 heteroatoms. The Morgan fingerprint density at radius 1 is 1.14 bits per heavy atom. The highest BCUT2D eigenvalue weighted by molar-refractivity contribution is 5.60. The lowest BCUT2D eigenvalue weighted by atomic mass is 10.1. The molecule has 6 nitrogen and oxygen atoms in total. The summed E-state index contributed by atoms with van der Waals surface area (Å²) >= 11 is 0. The van der Waals surface area contributed by atoms with Gasteiger partial charge in [0.25, 0.3) is 5.69 Å². The van der Waals surface area contributed by atoms with Crippen LogP contribution < -0.4 is 0 Å². The van der Waals surface area contributed by atoms with E-state index in [0.717, 1.165) is 11.8 Å². The predicted octanol–water partition coefficient (Wildman–Crippen LogP) is 2.98. The first-order valence-corrected chi connectivity index (χ1v) is 6.06. The van der Waals surface area contributed by atoms with Crippen molar-refractivity contribution in [1.82, 2.24) is 14.8 Å². The smallest absolute Gasteiger partial charge is 0.272 e. The Balaban J connectivity index is 2.11. The molecule has 1 heterocycles. The van der Waals surface area contributed by atoms with Crippen molar-refractivity contribution in [3.63, 3.8) is 0 Å². The molecule has 0 aliphatic carbocycles. The number of nitrogens with zero attached hydrogens (tertiary/aromatic N) is 4. The topological polar surface area (TPSA) is 73.8 Å². The van der Waals surface area contributed by atoms with Crippen molar-refractivity contribution in [2.24, 2.45) is 0 Å². The van der Waals surface area contributed by atoms with Crippen LogP contribution in [-0.4, -0.2) is 19.7 Å². The van der Waals surface area contributed by atoms with Crippen LogP contribution in [0, 0.1) is 15.9 Å². The second-order valence-corrected chi connectivity index (χ2v) is 4.28. The molecule has 0 unspecified atom stereocenters. The fourth-order valence-corrected chi connectivity index (χ4v) is 2.00. The lowest BCUT2D eigenvalue weighted by molar-refractivity contribution is -0.385. The molecule has 0 aliphatic rings. The molecule has 0 atom stereocenters. The summed E-state index contributed by atoms with van der Waals surface area (Å²) < 4.78 is 15.7. The molecule has 0 aliphatic heterocycles. The Labute approximate surface area is 118 Å². The highest BCUT2D eigenvalue weighted by Gasteiger charge is 2.16. The molecule has 0 amide bonds. The van der Waals surface area contributed by atoms with Gasteiger partial charge in [-0.15, -0.1) is 10.2 Å². The van der Waals surface area contributed by atoms with E-state index in [-0.39, 0.29) is 17.1 Å². The molecule has 1 aromatic heterocycles. The zero-order chi connectivity index (χ0) is 14.8. The van der Waals surface area contributed by atoms with E-state index in [2.05, 4.69) is 10.2 Å². The Kier molecular flexibility index (Phi) is 3.15. The number of rotatable bonds is 3. The Morgan fingerprint density at radius 3 is 2.57 bits per heavy atom. The van der Waals surface area contributed by atoms with Crippen molar-refractivity contribution in [3.05, 3.63) is 70.8 Å². The molecule has 0 spiro atoms. The van der Waals surface area contributed by atoms with Gasteiger partial charge in [0, 0.05) is 11.8 Å². The molecule has 3 aromatic rings. The van der Waals surface area contributed by atoms with Gasteiger partial charge in [0.15, 0.2) is 5.82 Å². The molecule has 0 saturated carbocycles. The number of nitro benzene ring substituents is 1. The summed E-state index contributed by atoms with van der Waals surface area (Å²) in [4.78, 5) is 10.0. The first-order chi connectivity index (χ1) is 10.2. The van der Waals surface area contributed by atoms with Gasteiger partial charge in [-0.1, -0.05) is 18.2 Å². The fourth-order valence-electron chi connectivity index (χ4n) is 2.00. The highest BCUT2D eigenvalue weighted by atomic mass is 19.1. The van der Waals surface area contributed by atoms with Gasteiger partial charge in [0.1, 0.15) is 12.1 Å². The molecule has 21 heavy (non-hydrogen) atoms. The van der Waals surface area contributed by atoms with Crippen LogP contribution in [0.25, 0.3) is 17.1 Å². The minimum Gasteiger partial charge on any atom is -0.282 e. The van der Waals surface area contributed by atoms with Crippen molar-refractivity contribution in [1.29, 1.82) is 0 Å². The monoisotopic (exact) mass is 284 g/mol. The van der Waals surface area contributed by atoms with E-state index < -0.39 is 10.7 Å². The summed E-state index contributed by atoms with van der Waals surface area (Å²) in [5.41, 5.74) is 0.624. The maximum absolute atomic E-state index is 14.1. The molecule has 104 valence electrons. The van der Waals surface area contributed by atoms with Gasteiger partial charge in [-0.05, 0) is 18.2 Å². The molecular formula is C14H9FN4O2. The standard InChI is InChI=1S/C14H9FN4O2/c15-13-8-11(19(20)21)6-7-12(13)14-17-16-9-18(14)10-4-2-1-3-5-10/h1-9H. The molecule has 2 aromatic carbocycles. The lowest BCUT2D eigenvalue weighted by Crippen LogP contribution is -1.98. The normalized spacial score (nSPS) is 10.5. The number of nitro groups is 1. The van der Waals surface area contributed by atoms with Crippen molar-refractivity contribution in [2.75, 3.05) is 0 Å². The molecule has 0 radical (unpaired) electrons. The summed E-state index contributed by atoms with van der Waals surface area (Å²) in [6.45, 7) is 0.